The van der Waals surface area contributed by atoms with Crippen LogP contribution in [0.15, 0.2) is 0 Å². The van der Waals surface area contributed by atoms with E-state index in [9.17, 15) is 4.79 Å². The molecular formula is C14H27NO3. The van der Waals surface area contributed by atoms with Gasteiger partial charge >= 0.3 is 5.97 Å². The SMILES string of the molecule is CCC1(C)CC(N(CC(=O)O)CC(C)C)CCO1. The van der Waals surface area contributed by atoms with E-state index in [0.29, 0.717) is 12.0 Å². The third kappa shape index (κ3) is 4.58. The Kier molecular flexibility index (Phi) is 5.60. The topological polar surface area (TPSA) is 49.8 Å². The predicted octanol–water partition coefficient (Wildman–Crippen LogP) is 2.38. The number of carboxylic acid groups (broad SMARTS) is 1. The molecule has 0 saturated carbocycles. The number of ether oxygens (including phenoxy) is 1. The molecule has 4 heteroatoms. The van der Waals surface area contributed by atoms with E-state index in [2.05, 4.69) is 32.6 Å². The molecule has 1 N–H and O–H groups in total. The number of hydrogen-bond donors (Lipinski definition) is 1. The summed E-state index contributed by atoms with van der Waals surface area (Å²) in [6.07, 6.45) is 2.85. The second kappa shape index (κ2) is 6.53. The third-order valence-corrected chi connectivity index (χ3v) is 3.77. The first-order valence-electron chi connectivity index (χ1n) is 6.96. The van der Waals surface area contributed by atoms with Crippen molar-refractivity contribution in [2.45, 2.75) is 58.6 Å². The molecule has 1 heterocycles. The Hall–Kier alpha value is -0.610. The molecule has 106 valence electrons. The Bertz CT molecular complexity index is 280. The number of carbonyl (C=O) groups is 1. The monoisotopic (exact) mass is 257 g/mol. The van der Waals surface area contributed by atoms with Crippen molar-refractivity contribution in [1.82, 2.24) is 4.90 Å². The minimum atomic E-state index is -0.736. The lowest BCUT2D eigenvalue weighted by atomic mass is 9.88. The van der Waals surface area contributed by atoms with Gasteiger partial charge in [-0.25, -0.2) is 0 Å². The first-order chi connectivity index (χ1) is 8.36. The van der Waals surface area contributed by atoms with Crippen molar-refractivity contribution in [3.8, 4) is 0 Å². The minimum Gasteiger partial charge on any atom is -0.480 e. The maximum Gasteiger partial charge on any atom is 0.317 e. The van der Waals surface area contributed by atoms with Gasteiger partial charge in [0.1, 0.15) is 0 Å². The molecule has 1 aliphatic rings. The van der Waals surface area contributed by atoms with E-state index in [0.717, 1.165) is 32.4 Å². The van der Waals surface area contributed by atoms with Crippen LogP contribution in [0.4, 0.5) is 0 Å². The first kappa shape index (κ1) is 15.4. The second-order valence-corrected chi connectivity index (χ2v) is 6.02. The molecular weight excluding hydrogens is 230 g/mol. The summed E-state index contributed by atoms with van der Waals surface area (Å²) in [5.74, 6) is -0.250. The minimum absolute atomic E-state index is 0.0867. The second-order valence-electron chi connectivity index (χ2n) is 6.02. The average molecular weight is 257 g/mol. The lowest BCUT2D eigenvalue weighted by molar-refractivity contribution is -0.142. The van der Waals surface area contributed by atoms with Gasteiger partial charge in [0, 0.05) is 19.2 Å². The van der Waals surface area contributed by atoms with Crippen molar-refractivity contribution in [3.63, 3.8) is 0 Å². The molecule has 0 aromatic heterocycles. The van der Waals surface area contributed by atoms with Gasteiger partial charge in [-0.1, -0.05) is 20.8 Å². The zero-order valence-electron chi connectivity index (χ0n) is 12.1. The van der Waals surface area contributed by atoms with Crippen LogP contribution in [0.25, 0.3) is 0 Å². The highest BCUT2D eigenvalue weighted by atomic mass is 16.5. The molecule has 0 amide bonds. The summed E-state index contributed by atoms with van der Waals surface area (Å²) < 4.78 is 5.83. The third-order valence-electron chi connectivity index (χ3n) is 3.77. The fourth-order valence-electron chi connectivity index (χ4n) is 2.64. The molecule has 0 aromatic rings. The van der Waals surface area contributed by atoms with E-state index < -0.39 is 5.97 Å². The van der Waals surface area contributed by atoms with Gasteiger partial charge < -0.3 is 9.84 Å². The number of aliphatic carboxylic acids is 1. The summed E-state index contributed by atoms with van der Waals surface area (Å²) in [4.78, 5) is 13.1. The van der Waals surface area contributed by atoms with Gasteiger partial charge in [0.2, 0.25) is 0 Å². The van der Waals surface area contributed by atoms with Gasteiger partial charge in [-0.2, -0.15) is 0 Å². The zero-order valence-corrected chi connectivity index (χ0v) is 12.1. The van der Waals surface area contributed by atoms with Crippen molar-refractivity contribution in [3.05, 3.63) is 0 Å². The number of rotatable bonds is 6. The van der Waals surface area contributed by atoms with Crippen LogP contribution in [0.3, 0.4) is 0 Å². The Balaban J connectivity index is 2.68. The fraction of sp³-hybridized carbons (Fsp3) is 0.929. The van der Waals surface area contributed by atoms with Gasteiger partial charge in [0.15, 0.2) is 0 Å². The normalized spacial score (nSPS) is 28.9. The van der Waals surface area contributed by atoms with Gasteiger partial charge in [-0.05, 0) is 32.1 Å². The maximum absolute atomic E-state index is 11.0. The highest BCUT2D eigenvalue weighted by Crippen LogP contribution is 2.30. The van der Waals surface area contributed by atoms with Gasteiger partial charge in [0.05, 0.1) is 12.1 Å². The Morgan fingerprint density at radius 3 is 2.72 bits per heavy atom. The van der Waals surface area contributed by atoms with Crippen molar-refractivity contribution >= 4 is 5.97 Å². The highest BCUT2D eigenvalue weighted by Gasteiger charge is 2.35. The Morgan fingerprint density at radius 2 is 2.22 bits per heavy atom. The summed E-state index contributed by atoms with van der Waals surface area (Å²) >= 11 is 0. The van der Waals surface area contributed by atoms with E-state index in [1.54, 1.807) is 0 Å². The smallest absolute Gasteiger partial charge is 0.317 e. The van der Waals surface area contributed by atoms with E-state index in [1.165, 1.54) is 0 Å². The van der Waals surface area contributed by atoms with E-state index in [1.807, 2.05) is 0 Å². The maximum atomic E-state index is 11.0. The molecule has 18 heavy (non-hydrogen) atoms. The van der Waals surface area contributed by atoms with E-state index in [-0.39, 0.29) is 12.1 Å². The molecule has 0 bridgehead atoms. The van der Waals surface area contributed by atoms with Crippen LogP contribution in [0.1, 0.15) is 47.0 Å². The number of nitrogens with zero attached hydrogens (tertiary/aromatic N) is 1. The van der Waals surface area contributed by atoms with Gasteiger partial charge in [-0.3, -0.25) is 9.69 Å². The zero-order chi connectivity index (χ0) is 13.8. The molecule has 1 fully saturated rings. The summed E-state index contributed by atoms with van der Waals surface area (Å²) in [5.41, 5.74) is -0.0867. The van der Waals surface area contributed by atoms with Crippen LogP contribution in [0, 0.1) is 5.92 Å². The van der Waals surface area contributed by atoms with Gasteiger partial charge in [-0.15, -0.1) is 0 Å². The Morgan fingerprint density at radius 1 is 1.56 bits per heavy atom. The van der Waals surface area contributed by atoms with Crippen LogP contribution >= 0.6 is 0 Å². The van der Waals surface area contributed by atoms with Gasteiger partial charge in [0.25, 0.3) is 0 Å². The Labute approximate surface area is 110 Å². The highest BCUT2D eigenvalue weighted by molar-refractivity contribution is 5.69. The molecule has 0 aromatic carbocycles. The van der Waals surface area contributed by atoms with Crippen molar-refractivity contribution in [2.24, 2.45) is 5.92 Å². The van der Waals surface area contributed by atoms with Crippen LogP contribution in [0.2, 0.25) is 0 Å². The van der Waals surface area contributed by atoms with Crippen LogP contribution in [-0.4, -0.2) is 47.3 Å². The summed E-state index contributed by atoms with van der Waals surface area (Å²) in [6, 6.07) is 0.335. The fourth-order valence-corrected chi connectivity index (χ4v) is 2.64. The van der Waals surface area contributed by atoms with Crippen LogP contribution < -0.4 is 0 Å². The van der Waals surface area contributed by atoms with Crippen molar-refractivity contribution in [2.75, 3.05) is 19.7 Å². The summed E-state index contributed by atoms with van der Waals surface area (Å²) in [5, 5.41) is 9.04. The number of hydrogen-bond acceptors (Lipinski definition) is 3. The summed E-state index contributed by atoms with van der Waals surface area (Å²) in [6.45, 7) is 10.3. The van der Waals surface area contributed by atoms with Crippen LogP contribution in [0.5, 0.6) is 0 Å². The lowest BCUT2D eigenvalue weighted by Gasteiger charge is -2.42. The molecule has 1 rings (SSSR count). The van der Waals surface area contributed by atoms with Crippen molar-refractivity contribution in [1.29, 1.82) is 0 Å². The largest absolute Gasteiger partial charge is 0.480 e. The van der Waals surface area contributed by atoms with E-state index >= 15 is 0 Å². The molecule has 4 nitrogen and oxygen atoms in total. The lowest BCUT2D eigenvalue weighted by Crippen LogP contribution is -2.49. The molecule has 0 radical (unpaired) electrons. The average Bonchev–Trinajstić information content (AvgIpc) is 2.27. The van der Waals surface area contributed by atoms with E-state index in [4.69, 9.17) is 9.84 Å². The standard InChI is InChI=1S/C14H27NO3/c1-5-14(4)8-12(6-7-18-14)15(9-11(2)3)10-13(16)17/h11-12H,5-10H2,1-4H3,(H,16,17). The molecule has 1 aliphatic heterocycles. The summed E-state index contributed by atoms with van der Waals surface area (Å²) in [7, 11) is 0. The molecule has 2 unspecified atom stereocenters. The van der Waals surface area contributed by atoms with Crippen LogP contribution in [-0.2, 0) is 9.53 Å². The van der Waals surface area contributed by atoms with Crippen molar-refractivity contribution < 1.29 is 14.6 Å². The molecule has 2 atom stereocenters. The molecule has 1 saturated heterocycles. The molecule has 0 aliphatic carbocycles. The number of carboxylic acids is 1. The first-order valence-corrected chi connectivity index (χ1v) is 6.96. The predicted molar refractivity (Wildman–Crippen MR) is 71.7 cm³/mol. The molecule has 0 spiro atoms. The quantitative estimate of drug-likeness (QED) is 0.793.